The van der Waals surface area contributed by atoms with E-state index >= 15 is 0 Å². The molecule has 1 heterocycles. The van der Waals surface area contributed by atoms with E-state index in [2.05, 4.69) is 5.43 Å². The Labute approximate surface area is 188 Å². The minimum atomic E-state index is -0.553. The molecule has 4 rings (SSSR count). The van der Waals surface area contributed by atoms with Gasteiger partial charge in [-0.05, 0) is 42.0 Å². The molecule has 0 radical (unpaired) electrons. The Balaban J connectivity index is 1.68. The van der Waals surface area contributed by atoms with Crippen molar-refractivity contribution in [2.45, 2.75) is 6.61 Å². The van der Waals surface area contributed by atoms with Crippen LogP contribution in [-0.4, -0.2) is 18.9 Å². The summed E-state index contributed by atoms with van der Waals surface area (Å²) in [6.45, 7) is 0.116. The van der Waals surface area contributed by atoms with Gasteiger partial charge in [-0.1, -0.05) is 41.9 Å². The number of rotatable bonds is 6. The molecule has 1 aliphatic rings. The van der Waals surface area contributed by atoms with E-state index in [0.29, 0.717) is 27.8 Å². The number of nitrogens with zero attached hydrogens (tertiary/aromatic N) is 1. The molecule has 0 spiro atoms. The van der Waals surface area contributed by atoms with Crippen LogP contribution in [0.15, 0.2) is 72.3 Å². The van der Waals surface area contributed by atoms with Crippen molar-refractivity contribution >= 4 is 35.2 Å². The summed E-state index contributed by atoms with van der Waals surface area (Å²) in [6, 6.07) is 17.8. The minimum Gasteiger partial charge on any atom is -0.493 e. The maximum Gasteiger partial charge on any atom is 0.282 e. The zero-order chi connectivity index (χ0) is 22.7. The lowest BCUT2D eigenvalue weighted by atomic mass is 10.1. The largest absolute Gasteiger partial charge is 0.493 e. The van der Waals surface area contributed by atoms with Gasteiger partial charge in [-0.15, -0.1) is 0 Å². The summed E-state index contributed by atoms with van der Waals surface area (Å²) >= 11 is 6.22. The number of anilines is 1. The number of hydrogen-bond acceptors (Lipinski definition) is 4. The summed E-state index contributed by atoms with van der Waals surface area (Å²) in [6.07, 6.45) is 1.41. The number of carbonyl (C=O) groups is 2. The Bertz CT molecular complexity index is 1200. The van der Waals surface area contributed by atoms with Crippen LogP contribution in [0.4, 0.5) is 10.1 Å². The van der Waals surface area contributed by atoms with Crippen LogP contribution < -0.4 is 19.9 Å². The van der Waals surface area contributed by atoms with Gasteiger partial charge in [0.15, 0.2) is 11.5 Å². The molecule has 1 N–H and O–H groups in total. The highest BCUT2D eigenvalue weighted by molar-refractivity contribution is 6.32. The fourth-order valence-electron chi connectivity index (χ4n) is 3.21. The first-order valence-corrected chi connectivity index (χ1v) is 10.0. The van der Waals surface area contributed by atoms with Crippen molar-refractivity contribution in [1.29, 1.82) is 0 Å². The van der Waals surface area contributed by atoms with Crippen molar-refractivity contribution in [1.82, 2.24) is 5.43 Å². The van der Waals surface area contributed by atoms with Gasteiger partial charge in [0.25, 0.3) is 11.8 Å². The van der Waals surface area contributed by atoms with Crippen LogP contribution in [0.2, 0.25) is 5.02 Å². The highest BCUT2D eigenvalue weighted by atomic mass is 35.5. The first-order chi connectivity index (χ1) is 15.5. The summed E-state index contributed by atoms with van der Waals surface area (Å²) in [5.41, 5.74) is 4.13. The average Bonchev–Trinajstić information content (AvgIpc) is 3.08. The van der Waals surface area contributed by atoms with Gasteiger partial charge in [0, 0.05) is 16.7 Å². The van der Waals surface area contributed by atoms with Crippen molar-refractivity contribution in [2.75, 3.05) is 12.1 Å². The van der Waals surface area contributed by atoms with Crippen LogP contribution in [0.5, 0.6) is 11.5 Å². The van der Waals surface area contributed by atoms with Crippen LogP contribution in [-0.2, 0) is 16.2 Å². The standard InChI is InChI=1S/C24H18ClFN2O4/c1-31-21-13-17(25)11-16(22(21)32-14-15-7-9-18(26)10-8-15)12-20-23(29)27-28(24(20)30)19-5-3-2-4-6-19/h2-13H,14H2,1H3,(H,27,29). The normalized spacial score (nSPS) is 14.6. The van der Waals surface area contributed by atoms with Crippen LogP contribution >= 0.6 is 11.6 Å². The van der Waals surface area contributed by atoms with Gasteiger partial charge in [-0.25, -0.2) is 9.40 Å². The van der Waals surface area contributed by atoms with E-state index in [0.717, 1.165) is 5.56 Å². The Morgan fingerprint density at radius 2 is 1.78 bits per heavy atom. The minimum absolute atomic E-state index is 0.0789. The Morgan fingerprint density at radius 3 is 2.47 bits per heavy atom. The van der Waals surface area contributed by atoms with E-state index in [4.69, 9.17) is 21.1 Å². The van der Waals surface area contributed by atoms with Gasteiger partial charge in [0.1, 0.15) is 18.0 Å². The quantitative estimate of drug-likeness (QED) is 0.441. The molecule has 6 nitrogen and oxygen atoms in total. The van der Waals surface area contributed by atoms with Crippen molar-refractivity contribution in [3.63, 3.8) is 0 Å². The fourth-order valence-corrected chi connectivity index (χ4v) is 3.43. The molecule has 1 saturated heterocycles. The first kappa shape index (κ1) is 21.4. The number of amides is 2. The fraction of sp³-hybridized carbons (Fsp3) is 0.0833. The molecule has 0 bridgehead atoms. The lowest BCUT2D eigenvalue weighted by Gasteiger charge is -2.15. The van der Waals surface area contributed by atoms with E-state index in [9.17, 15) is 14.0 Å². The molecule has 0 aromatic heterocycles. The molecule has 8 heteroatoms. The smallest absolute Gasteiger partial charge is 0.282 e. The number of halogens is 2. The number of hydrogen-bond donors (Lipinski definition) is 1. The molecule has 162 valence electrons. The maximum absolute atomic E-state index is 13.2. The topological polar surface area (TPSA) is 67.9 Å². The summed E-state index contributed by atoms with van der Waals surface area (Å²) in [5, 5.41) is 1.52. The summed E-state index contributed by atoms with van der Waals surface area (Å²) in [5.74, 6) is -0.784. The predicted octanol–water partition coefficient (Wildman–Crippen LogP) is 4.53. The van der Waals surface area contributed by atoms with Gasteiger partial charge >= 0.3 is 0 Å². The summed E-state index contributed by atoms with van der Waals surface area (Å²) in [7, 11) is 1.46. The van der Waals surface area contributed by atoms with Gasteiger partial charge in [-0.2, -0.15) is 0 Å². The van der Waals surface area contributed by atoms with Crippen LogP contribution in [0, 0.1) is 5.82 Å². The molecule has 3 aromatic rings. The van der Waals surface area contributed by atoms with E-state index in [1.54, 1.807) is 48.5 Å². The van der Waals surface area contributed by atoms with Gasteiger partial charge in [0.2, 0.25) is 0 Å². The molecular formula is C24H18ClFN2O4. The Morgan fingerprint density at radius 1 is 1.06 bits per heavy atom. The third-order valence-corrected chi connectivity index (χ3v) is 4.99. The molecule has 1 fully saturated rings. The highest BCUT2D eigenvalue weighted by Gasteiger charge is 2.34. The monoisotopic (exact) mass is 452 g/mol. The first-order valence-electron chi connectivity index (χ1n) is 9.63. The number of benzene rings is 3. The van der Waals surface area contributed by atoms with Crippen LogP contribution in [0.3, 0.4) is 0 Å². The van der Waals surface area contributed by atoms with Crippen LogP contribution in [0.1, 0.15) is 11.1 Å². The second kappa shape index (κ2) is 9.11. The average molecular weight is 453 g/mol. The number of hydrazine groups is 1. The predicted molar refractivity (Wildman–Crippen MR) is 119 cm³/mol. The number of para-hydroxylation sites is 1. The van der Waals surface area contributed by atoms with Crippen LogP contribution in [0.25, 0.3) is 6.08 Å². The van der Waals surface area contributed by atoms with E-state index < -0.39 is 11.8 Å². The second-order valence-corrected chi connectivity index (χ2v) is 7.35. The third kappa shape index (κ3) is 4.43. The molecule has 32 heavy (non-hydrogen) atoms. The molecule has 0 unspecified atom stereocenters. The zero-order valence-corrected chi connectivity index (χ0v) is 17.7. The van der Waals surface area contributed by atoms with Crippen molar-refractivity contribution in [3.05, 3.63) is 94.3 Å². The maximum atomic E-state index is 13.2. The molecule has 3 aromatic carbocycles. The Hall–Kier alpha value is -3.84. The van der Waals surface area contributed by atoms with E-state index in [1.165, 1.54) is 30.3 Å². The third-order valence-electron chi connectivity index (χ3n) is 4.77. The molecule has 0 atom stereocenters. The Kier molecular flexibility index (Phi) is 6.09. The molecular weight excluding hydrogens is 435 g/mol. The second-order valence-electron chi connectivity index (χ2n) is 6.92. The molecule has 2 amide bonds. The number of carbonyl (C=O) groups excluding carboxylic acids is 2. The SMILES string of the molecule is COc1cc(Cl)cc(C=C2C(=O)NN(c3ccccc3)C2=O)c1OCc1ccc(F)cc1. The van der Waals surface area contributed by atoms with E-state index in [-0.39, 0.29) is 18.0 Å². The zero-order valence-electron chi connectivity index (χ0n) is 17.0. The summed E-state index contributed by atoms with van der Waals surface area (Å²) < 4.78 is 24.5. The van der Waals surface area contributed by atoms with Gasteiger partial charge in [0.05, 0.1) is 12.8 Å². The molecule has 0 saturated carbocycles. The lowest BCUT2D eigenvalue weighted by Crippen LogP contribution is -2.35. The molecule has 0 aliphatic carbocycles. The molecule has 1 aliphatic heterocycles. The lowest BCUT2D eigenvalue weighted by molar-refractivity contribution is -0.117. The van der Waals surface area contributed by atoms with Crippen molar-refractivity contribution in [2.24, 2.45) is 0 Å². The number of nitrogens with one attached hydrogen (secondary N) is 1. The number of ether oxygens (including phenoxy) is 2. The van der Waals surface area contributed by atoms with E-state index in [1.807, 2.05) is 6.07 Å². The highest BCUT2D eigenvalue weighted by Crippen LogP contribution is 2.37. The van der Waals surface area contributed by atoms with Crippen molar-refractivity contribution in [3.8, 4) is 11.5 Å². The van der Waals surface area contributed by atoms with Crippen molar-refractivity contribution < 1.29 is 23.5 Å². The number of methoxy groups -OCH3 is 1. The van der Waals surface area contributed by atoms with Gasteiger partial charge < -0.3 is 9.47 Å². The van der Waals surface area contributed by atoms with Gasteiger partial charge in [-0.3, -0.25) is 15.0 Å². The summed E-state index contributed by atoms with van der Waals surface area (Å²) in [4.78, 5) is 25.5.